The van der Waals surface area contributed by atoms with Gasteiger partial charge in [0.15, 0.2) is 0 Å². The van der Waals surface area contributed by atoms with Gasteiger partial charge in [0.1, 0.15) is 4.90 Å². The third-order valence-electron chi connectivity index (χ3n) is 5.30. The molecule has 3 heterocycles. The van der Waals surface area contributed by atoms with E-state index in [1.54, 1.807) is 22.6 Å². The van der Waals surface area contributed by atoms with Crippen LogP contribution < -0.4 is 0 Å². The van der Waals surface area contributed by atoms with Gasteiger partial charge in [0.25, 0.3) is 0 Å². The average Bonchev–Trinajstić information content (AvgIpc) is 2.53. The molecule has 1 aromatic rings. The van der Waals surface area contributed by atoms with E-state index in [4.69, 9.17) is 0 Å². The summed E-state index contributed by atoms with van der Waals surface area (Å²) in [4.78, 5) is 9.19. The summed E-state index contributed by atoms with van der Waals surface area (Å²) in [6, 6.07) is 4.21. The predicted octanol–water partition coefficient (Wildman–Crippen LogP) is 1.51. The van der Waals surface area contributed by atoms with E-state index in [0.29, 0.717) is 36.0 Å². The second-order valence-electron chi connectivity index (χ2n) is 7.79. The third-order valence-corrected chi connectivity index (χ3v) is 7.12. The Morgan fingerprint density at radius 3 is 2.48 bits per heavy atom. The van der Waals surface area contributed by atoms with Crippen LogP contribution >= 0.6 is 0 Å². The molecule has 2 aliphatic rings. The average molecular weight is 367 g/mol. The van der Waals surface area contributed by atoms with Crippen LogP contribution in [-0.4, -0.2) is 79.4 Å². The molecule has 0 amide bonds. The van der Waals surface area contributed by atoms with Crippen LogP contribution in [0.2, 0.25) is 0 Å². The highest BCUT2D eigenvalue weighted by molar-refractivity contribution is 7.89. The molecule has 140 valence electrons. The Kier molecular flexibility index (Phi) is 5.78. The van der Waals surface area contributed by atoms with Gasteiger partial charge in [0, 0.05) is 44.1 Å². The molecule has 0 spiro atoms. The van der Waals surface area contributed by atoms with Crippen molar-refractivity contribution >= 4 is 10.0 Å². The van der Waals surface area contributed by atoms with Gasteiger partial charge in [-0.1, -0.05) is 13.8 Å². The molecule has 0 saturated carbocycles. The highest BCUT2D eigenvalue weighted by Crippen LogP contribution is 2.28. The van der Waals surface area contributed by atoms with Gasteiger partial charge in [0.2, 0.25) is 10.0 Å². The van der Waals surface area contributed by atoms with Crippen LogP contribution in [0, 0.1) is 5.92 Å². The van der Waals surface area contributed by atoms with Crippen LogP contribution in [0.15, 0.2) is 29.4 Å². The van der Waals surface area contributed by atoms with Crippen molar-refractivity contribution in [2.75, 3.05) is 39.8 Å². The smallest absolute Gasteiger partial charge is 0.244 e. The van der Waals surface area contributed by atoms with Crippen molar-refractivity contribution in [2.24, 2.45) is 5.92 Å². The minimum absolute atomic E-state index is 0.295. The van der Waals surface area contributed by atoms with Crippen molar-refractivity contribution in [1.29, 1.82) is 0 Å². The number of hydrogen-bond donors (Lipinski definition) is 0. The van der Waals surface area contributed by atoms with E-state index in [1.165, 1.54) is 19.0 Å². The topological polar surface area (TPSA) is 56.8 Å². The number of piperidine rings is 1. The van der Waals surface area contributed by atoms with Crippen LogP contribution in [-0.2, 0) is 10.0 Å². The fourth-order valence-electron chi connectivity index (χ4n) is 3.82. The first-order valence-electron chi connectivity index (χ1n) is 9.22. The summed E-state index contributed by atoms with van der Waals surface area (Å²) >= 11 is 0. The number of rotatable bonds is 6. The van der Waals surface area contributed by atoms with E-state index in [2.05, 4.69) is 35.7 Å². The molecule has 0 aromatic carbocycles. The largest absolute Gasteiger partial charge is 0.306 e. The van der Waals surface area contributed by atoms with Crippen LogP contribution in [0.3, 0.4) is 0 Å². The lowest BCUT2D eigenvalue weighted by molar-refractivity contribution is 0.0177. The quantitative estimate of drug-likeness (QED) is 0.764. The fourth-order valence-corrected chi connectivity index (χ4v) is 5.30. The number of likely N-dealkylation sites (tertiary alicyclic amines) is 1. The molecule has 0 aliphatic carbocycles. The Morgan fingerprint density at radius 1 is 1.24 bits per heavy atom. The molecule has 2 aliphatic heterocycles. The predicted molar refractivity (Wildman–Crippen MR) is 98.8 cm³/mol. The second-order valence-corrected chi connectivity index (χ2v) is 9.73. The van der Waals surface area contributed by atoms with Crippen molar-refractivity contribution < 1.29 is 8.42 Å². The van der Waals surface area contributed by atoms with E-state index in [0.717, 1.165) is 19.6 Å². The van der Waals surface area contributed by atoms with E-state index in [1.807, 2.05) is 0 Å². The molecule has 2 fully saturated rings. The minimum atomic E-state index is -3.40. The monoisotopic (exact) mass is 366 g/mol. The number of sulfonamides is 1. The van der Waals surface area contributed by atoms with Crippen molar-refractivity contribution in [2.45, 2.75) is 43.7 Å². The summed E-state index contributed by atoms with van der Waals surface area (Å²) in [6.45, 7) is 8.97. The number of nitrogens with zero attached hydrogens (tertiary/aromatic N) is 4. The molecule has 0 unspecified atom stereocenters. The van der Waals surface area contributed by atoms with E-state index in [9.17, 15) is 8.42 Å². The summed E-state index contributed by atoms with van der Waals surface area (Å²) < 4.78 is 27.0. The van der Waals surface area contributed by atoms with Gasteiger partial charge in [-0.05, 0) is 51.0 Å². The molecule has 7 heteroatoms. The molecule has 0 bridgehead atoms. The molecule has 0 radical (unpaired) electrons. The van der Waals surface area contributed by atoms with Crippen LogP contribution in [0.1, 0.15) is 26.7 Å². The minimum Gasteiger partial charge on any atom is -0.306 e. The number of hydrogen-bond acceptors (Lipinski definition) is 5. The molecule has 0 N–H and O–H groups in total. The molecule has 3 rings (SSSR count). The van der Waals surface area contributed by atoms with Gasteiger partial charge in [-0.2, -0.15) is 4.31 Å². The van der Waals surface area contributed by atoms with Crippen molar-refractivity contribution in [1.82, 2.24) is 19.1 Å². The fraction of sp³-hybridized carbons (Fsp3) is 0.722. The Morgan fingerprint density at radius 2 is 1.92 bits per heavy atom. The first-order chi connectivity index (χ1) is 11.9. The van der Waals surface area contributed by atoms with E-state index in [-0.39, 0.29) is 0 Å². The second kappa shape index (κ2) is 7.70. The van der Waals surface area contributed by atoms with Gasteiger partial charge in [-0.25, -0.2) is 8.42 Å². The number of pyridine rings is 1. The maximum absolute atomic E-state index is 12.7. The Balaban J connectivity index is 1.65. The molecule has 6 nitrogen and oxygen atoms in total. The maximum atomic E-state index is 12.7. The summed E-state index contributed by atoms with van der Waals surface area (Å²) in [5.74, 6) is 0.587. The third kappa shape index (κ3) is 4.22. The summed E-state index contributed by atoms with van der Waals surface area (Å²) in [7, 11) is -1.23. The molecular formula is C18H30N4O2S. The van der Waals surface area contributed by atoms with Crippen molar-refractivity contribution in [3.05, 3.63) is 24.5 Å². The van der Waals surface area contributed by atoms with Crippen molar-refractivity contribution in [3.63, 3.8) is 0 Å². The highest BCUT2D eigenvalue weighted by Gasteiger charge is 2.42. The molecule has 1 aromatic heterocycles. The SMILES string of the molecule is CC(C)CN(C1CCN(C)CC1)C1CN(S(=O)(=O)c2cccnc2)C1. The maximum Gasteiger partial charge on any atom is 0.244 e. The summed E-state index contributed by atoms with van der Waals surface area (Å²) in [5, 5.41) is 0. The first-order valence-corrected chi connectivity index (χ1v) is 10.7. The van der Waals surface area contributed by atoms with Crippen molar-refractivity contribution in [3.8, 4) is 0 Å². The lowest BCUT2D eigenvalue weighted by atomic mass is 9.97. The molecule has 25 heavy (non-hydrogen) atoms. The molecular weight excluding hydrogens is 336 g/mol. The first kappa shape index (κ1) is 18.8. The summed E-state index contributed by atoms with van der Waals surface area (Å²) in [5.41, 5.74) is 0. The Hall–Kier alpha value is -1.02. The highest BCUT2D eigenvalue weighted by atomic mass is 32.2. The lowest BCUT2D eigenvalue weighted by Gasteiger charge is -2.49. The van der Waals surface area contributed by atoms with Crippen LogP contribution in [0.5, 0.6) is 0 Å². The summed E-state index contributed by atoms with van der Waals surface area (Å²) in [6.07, 6.45) is 5.39. The number of aromatic nitrogens is 1. The Labute approximate surface area is 151 Å². The molecule has 2 saturated heterocycles. The zero-order valence-electron chi connectivity index (χ0n) is 15.5. The zero-order valence-corrected chi connectivity index (χ0v) is 16.3. The zero-order chi connectivity index (χ0) is 18.0. The van der Waals surface area contributed by atoms with Gasteiger partial charge >= 0.3 is 0 Å². The normalized spacial score (nSPS) is 21.8. The van der Waals surface area contributed by atoms with E-state index < -0.39 is 10.0 Å². The lowest BCUT2D eigenvalue weighted by Crippen LogP contribution is -2.64. The standard InChI is InChI=1S/C18H30N4O2S/c1-15(2)12-22(16-6-9-20(3)10-7-16)17-13-21(14-17)25(23,24)18-5-4-8-19-11-18/h4-5,8,11,15-17H,6-7,9-10,12-14H2,1-3H3. The van der Waals surface area contributed by atoms with Crippen LogP contribution in [0.25, 0.3) is 0 Å². The molecule has 0 atom stereocenters. The van der Waals surface area contributed by atoms with Gasteiger partial charge in [-0.3, -0.25) is 9.88 Å². The van der Waals surface area contributed by atoms with Gasteiger partial charge < -0.3 is 4.90 Å². The van der Waals surface area contributed by atoms with Gasteiger partial charge in [0.05, 0.1) is 0 Å². The Bertz CT molecular complexity index is 651. The van der Waals surface area contributed by atoms with Crippen LogP contribution in [0.4, 0.5) is 0 Å². The van der Waals surface area contributed by atoms with Gasteiger partial charge in [-0.15, -0.1) is 0 Å². The van der Waals surface area contributed by atoms with E-state index >= 15 is 0 Å².